The zero-order valence-corrected chi connectivity index (χ0v) is 5.37. The minimum atomic E-state index is -0.883. The van der Waals surface area contributed by atoms with Crippen molar-refractivity contribution in [3.63, 3.8) is 0 Å². The molecule has 1 aliphatic heterocycles. The molecule has 0 spiro atoms. The number of aliphatic carboxylic acids is 1. The molecule has 0 saturated carbocycles. The Labute approximate surface area is 58.0 Å². The fraction of sp³-hybridized carbons (Fsp3) is 0.800. The number of β-amino-alcohol motifs (C(OH)–C–C–N with tert-alkyl or cyclic N) is 1. The van der Waals surface area contributed by atoms with Gasteiger partial charge in [0.15, 0.2) is 0 Å². The normalized spacial score (nSPS) is 31.3. The lowest BCUT2D eigenvalue weighted by Gasteiger charge is -1.99. The van der Waals surface area contributed by atoms with Gasteiger partial charge in [0.2, 0.25) is 0 Å². The van der Waals surface area contributed by atoms with Crippen LogP contribution in [0.4, 0.5) is 0 Å². The number of carboxylic acids is 1. The number of aliphatic hydroxyl groups excluding tert-OH is 1. The van der Waals surface area contributed by atoms with Gasteiger partial charge < -0.3 is 21.0 Å². The Kier molecular flexibility index (Phi) is 3.27. The molecule has 5 N–H and O–H groups in total. The van der Waals surface area contributed by atoms with Crippen molar-refractivity contribution in [3.05, 3.63) is 0 Å². The highest BCUT2D eigenvalue weighted by Gasteiger charge is 2.27. The molecule has 0 bridgehead atoms. The third-order valence-electron chi connectivity index (χ3n) is 1.41. The summed E-state index contributed by atoms with van der Waals surface area (Å²) >= 11 is 0. The largest absolute Gasteiger partial charge is 0.480 e. The van der Waals surface area contributed by atoms with Crippen molar-refractivity contribution in [2.75, 3.05) is 6.54 Å². The summed E-state index contributed by atoms with van der Waals surface area (Å²) < 4.78 is 0. The summed E-state index contributed by atoms with van der Waals surface area (Å²) in [6.07, 6.45) is -0.152. The maximum Gasteiger partial charge on any atom is 0.320 e. The molecule has 0 aliphatic carbocycles. The molecule has 0 amide bonds. The molecule has 0 aromatic rings. The summed E-state index contributed by atoms with van der Waals surface area (Å²) in [5.41, 5.74) is 0. The molecule has 10 heavy (non-hydrogen) atoms. The van der Waals surface area contributed by atoms with Gasteiger partial charge in [-0.1, -0.05) is 0 Å². The van der Waals surface area contributed by atoms with Gasteiger partial charge in [0, 0.05) is 13.0 Å². The van der Waals surface area contributed by atoms with E-state index in [0.29, 0.717) is 13.0 Å². The fourth-order valence-electron chi connectivity index (χ4n) is 0.905. The van der Waals surface area contributed by atoms with E-state index < -0.39 is 18.1 Å². The predicted octanol–water partition coefficient (Wildman–Crippen LogP) is -2.03. The number of carbonyl (C=O) groups is 1. The molecule has 1 saturated heterocycles. The Balaban J connectivity index is 0.000000810. The van der Waals surface area contributed by atoms with Crippen LogP contribution < -0.4 is 5.32 Å². The Hall–Kier alpha value is -0.650. The molecular weight excluding hydrogens is 138 g/mol. The standard InChI is InChI=1S/C5H9NO3.H2O/c7-3-1-4(5(8)9)6-2-3;/h3-4,6-7H,1-2H2,(H,8,9);1H2. The van der Waals surface area contributed by atoms with Crippen molar-refractivity contribution in [1.29, 1.82) is 0 Å². The Bertz CT molecular complexity index is 127. The van der Waals surface area contributed by atoms with Gasteiger partial charge in [-0.2, -0.15) is 0 Å². The third-order valence-corrected chi connectivity index (χ3v) is 1.41. The third kappa shape index (κ3) is 1.94. The van der Waals surface area contributed by atoms with E-state index in [4.69, 9.17) is 10.2 Å². The van der Waals surface area contributed by atoms with Crippen molar-refractivity contribution < 1.29 is 20.5 Å². The maximum absolute atomic E-state index is 10.2. The molecule has 2 unspecified atom stereocenters. The van der Waals surface area contributed by atoms with Crippen molar-refractivity contribution in [2.45, 2.75) is 18.6 Å². The second-order valence-electron chi connectivity index (χ2n) is 2.19. The van der Waals surface area contributed by atoms with Crippen LogP contribution in [0.2, 0.25) is 0 Å². The monoisotopic (exact) mass is 149 g/mol. The number of rotatable bonds is 1. The second-order valence-corrected chi connectivity index (χ2v) is 2.19. The quantitative estimate of drug-likeness (QED) is 0.400. The zero-order chi connectivity index (χ0) is 6.85. The van der Waals surface area contributed by atoms with Crippen LogP contribution >= 0.6 is 0 Å². The molecule has 5 nitrogen and oxygen atoms in total. The summed E-state index contributed by atoms with van der Waals surface area (Å²) in [5, 5.41) is 19.8. The molecule has 60 valence electrons. The van der Waals surface area contributed by atoms with E-state index in [-0.39, 0.29) is 5.48 Å². The van der Waals surface area contributed by atoms with E-state index >= 15 is 0 Å². The number of hydrogen-bond acceptors (Lipinski definition) is 3. The highest BCUT2D eigenvalue weighted by Crippen LogP contribution is 2.05. The zero-order valence-electron chi connectivity index (χ0n) is 5.37. The lowest BCUT2D eigenvalue weighted by atomic mass is 10.2. The lowest BCUT2D eigenvalue weighted by molar-refractivity contribution is -0.139. The van der Waals surface area contributed by atoms with Crippen LogP contribution in [0, 0.1) is 0 Å². The average Bonchev–Trinajstić information content (AvgIpc) is 2.14. The van der Waals surface area contributed by atoms with Crippen molar-refractivity contribution in [1.82, 2.24) is 5.32 Å². The minimum Gasteiger partial charge on any atom is -0.480 e. The van der Waals surface area contributed by atoms with Crippen molar-refractivity contribution in [3.8, 4) is 0 Å². The van der Waals surface area contributed by atoms with Gasteiger partial charge in [-0.3, -0.25) is 4.79 Å². The second kappa shape index (κ2) is 3.50. The summed E-state index contributed by atoms with van der Waals surface area (Å²) in [7, 11) is 0. The first kappa shape index (κ1) is 9.35. The first-order chi connectivity index (χ1) is 4.20. The molecule has 0 radical (unpaired) electrons. The fourth-order valence-corrected chi connectivity index (χ4v) is 0.905. The number of hydrogen-bond donors (Lipinski definition) is 3. The van der Waals surface area contributed by atoms with Crippen LogP contribution in [0.25, 0.3) is 0 Å². The molecule has 1 rings (SSSR count). The lowest BCUT2D eigenvalue weighted by Crippen LogP contribution is -2.29. The van der Waals surface area contributed by atoms with E-state index in [9.17, 15) is 4.79 Å². The summed E-state index contributed by atoms with van der Waals surface area (Å²) in [6.45, 7) is 0.400. The van der Waals surface area contributed by atoms with Gasteiger partial charge in [-0.25, -0.2) is 0 Å². The summed E-state index contributed by atoms with van der Waals surface area (Å²) in [4.78, 5) is 10.2. The predicted molar refractivity (Wildman–Crippen MR) is 33.7 cm³/mol. The van der Waals surface area contributed by atoms with Gasteiger partial charge in [0.25, 0.3) is 0 Å². The Morgan fingerprint density at radius 3 is 2.40 bits per heavy atom. The molecule has 1 fully saturated rings. The van der Waals surface area contributed by atoms with Crippen LogP contribution in [0.3, 0.4) is 0 Å². The number of nitrogens with one attached hydrogen (secondary N) is 1. The van der Waals surface area contributed by atoms with E-state index in [2.05, 4.69) is 5.32 Å². The summed E-state index contributed by atoms with van der Waals surface area (Å²) in [6, 6.07) is -0.542. The first-order valence-corrected chi connectivity index (χ1v) is 2.84. The van der Waals surface area contributed by atoms with Gasteiger partial charge >= 0.3 is 5.97 Å². The Morgan fingerprint density at radius 2 is 2.20 bits per heavy atom. The number of carboxylic acid groups (broad SMARTS) is 1. The maximum atomic E-state index is 10.2. The van der Waals surface area contributed by atoms with Crippen molar-refractivity contribution in [2.24, 2.45) is 0 Å². The van der Waals surface area contributed by atoms with Crippen LogP contribution in [0.15, 0.2) is 0 Å². The first-order valence-electron chi connectivity index (χ1n) is 2.84. The van der Waals surface area contributed by atoms with E-state index in [1.807, 2.05) is 0 Å². The number of aliphatic hydroxyl groups is 1. The van der Waals surface area contributed by atoms with E-state index in [0.717, 1.165) is 0 Å². The van der Waals surface area contributed by atoms with Crippen LogP contribution in [-0.4, -0.2) is 40.3 Å². The van der Waals surface area contributed by atoms with Gasteiger partial charge in [0.1, 0.15) is 6.04 Å². The van der Waals surface area contributed by atoms with Gasteiger partial charge in [-0.15, -0.1) is 0 Å². The van der Waals surface area contributed by atoms with Gasteiger partial charge in [-0.05, 0) is 0 Å². The van der Waals surface area contributed by atoms with E-state index in [1.54, 1.807) is 0 Å². The average molecular weight is 149 g/mol. The SMILES string of the molecule is O.O=C(O)C1CC(O)CN1. The molecule has 0 aromatic heterocycles. The topological polar surface area (TPSA) is 101 Å². The molecular formula is C5H11NO4. The summed E-state index contributed by atoms with van der Waals surface area (Å²) in [5.74, 6) is -0.883. The minimum absolute atomic E-state index is 0. The van der Waals surface area contributed by atoms with E-state index in [1.165, 1.54) is 0 Å². The highest BCUT2D eigenvalue weighted by molar-refractivity contribution is 5.73. The smallest absolute Gasteiger partial charge is 0.320 e. The molecule has 2 atom stereocenters. The Morgan fingerprint density at radius 1 is 1.60 bits per heavy atom. The molecule has 1 aliphatic rings. The molecule has 1 heterocycles. The highest BCUT2D eigenvalue weighted by atomic mass is 16.4. The van der Waals surface area contributed by atoms with Crippen LogP contribution in [-0.2, 0) is 4.79 Å². The molecule has 0 aromatic carbocycles. The van der Waals surface area contributed by atoms with Gasteiger partial charge in [0.05, 0.1) is 6.10 Å². The van der Waals surface area contributed by atoms with Crippen LogP contribution in [0.1, 0.15) is 6.42 Å². The van der Waals surface area contributed by atoms with Crippen LogP contribution in [0.5, 0.6) is 0 Å². The molecule has 5 heteroatoms. The van der Waals surface area contributed by atoms with Crippen molar-refractivity contribution >= 4 is 5.97 Å².